The molecule has 0 aliphatic carbocycles. The molecule has 0 aromatic carbocycles. The number of piperazine rings is 2. The van der Waals surface area contributed by atoms with Crippen LogP contribution < -0.4 is 15.4 Å². The molecule has 2 fully saturated rings. The highest BCUT2D eigenvalue weighted by Crippen LogP contribution is 2.23. The maximum Gasteiger partial charge on any atom is 0.410 e. The molecule has 14 heteroatoms. The molecule has 244 valence electrons. The highest BCUT2D eigenvalue weighted by atomic mass is 16.6. The molecule has 0 unspecified atom stereocenters. The monoisotopic (exact) mass is 622 g/mol. The zero-order chi connectivity index (χ0) is 32.1. The largest absolute Gasteiger partial charge is 0.462 e. The molecule has 0 spiro atoms. The fourth-order valence-corrected chi connectivity index (χ4v) is 5.55. The first kappa shape index (κ1) is 32.2. The number of fused-ring (bicyclic) bond motifs is 1. The molecule has 5 heterocycles. The highest BCUT2D eigenvalue weighted by molar-refractivity contribution is 5.78. The van der Waals surface area contributed by atoms with Crippen molar-refractivity contribution in [2.24, 2.45) is 0 Å². The number of hydrogen-bond acceptors (Lipinski definition) is 11. The third-order valence-corrected chi connectivity index (χ3v) is 7.98. The van der Waals surface area contributed by atoms with E-state index in [9.17, 15) is 9.59 Å². The van der Waals surface area contributed by atoms with Crippen LogP contribution in [0.15, 0.2) is 18.5 Å². The zero-order valence-corrected chi connectivity index (χ0v) is 27.2. The predicted octanol–water partition coefficient (Wildman–Crippen LogP) is 2.38. The van der Waals surface area contributed by atoms with Gasteiger partial charge in [-0.15, -0.1) is 5.10 Å². The van der Waals surface area contributed by atoms with Crippen LogP contribution in [0.3, 0.4) is 0 Å². The lowest BCUT2D eigenvalue weighted by Gasteiger charge is -2.38. The Morgan fingerprint density at radius 3 is 2.36 bits per heavy atom. The van der Waals surface area contributed by atoms with Gasteiger partial charge >= 0.3 is 12.1 Å². The van der Waals surface area contributed by atoms with Gasteiger partial charge in [0.2, 0.25) is 5.91 Å². The van der Waals surface area contributed by atoms with Crippen LogP contribution >= 0.6 is 0 Å². The average molecular weight is 623 g/mol. The van der Waals surface area contributed by atoms with E-state index in [2.05, 4.69) is 44.8 Å². The Balaban J connectivity index is 1.12. The van der Waals surface area contributed by atoms with Gasteiger partial charge in [0.1, 0.15) is 11.4 Å². The molecule has 5 rings (SSSR count). The van der Waals surface area contributed by atoms with E-state index in [1.807, 2.05) is 31.9 Å². The van der Waals surface area contributed by atoms with Crippen molar-refractivity contribution in [3.8, 4) is 6.01 Å². The fourth-order valence-electron chi connectivity index (χ4n) is 5.55. The summed E-state index contributed by atoms with van der Waals surface area (Å²) in [5, 5.41) is 4.51. The molecule has 0 radical (unpaired) electrons. The van der Waals surface area contributed by atoms with Gasteiger partial charge in [-0.3, -0.25) is 9.69 Å². The third-order valence-electron chi connectivity index (χ3n) is 7.98. The van der Waals surface area contributed by atoms with Crippen molar-refractivity contribution >= 4 is 29.3 Å². The normalized spacial score (nSPS) is 16.3. The van der Waals surface area contributed by atoms with E-state index in [-0.39, 0.29) is 23.8 Å². The summed E-state index contributed by atoms with van der Waals surface area (Å²) in [4.78, 5) is 46.9. The Hall–Kier alpha value is -4.20. The van der Waals surface area contributed by atoms with Gasteiger partial charge in [0.25, 0.3) is 0 Å². The average Bonchev–Trinajstić information content (AvgIpc) is 3.40. The molecule has 14 nitrogen and oxygen atoms in total. The number of amides is 2. The molecule has 3 aromatic heterocycles. The number of pyridine rings is 1. The van der Waals surface area contributed by atoms with Crippen LogP contribution in [-0.2, 0) is 16.0 Å². The number of aryl methyl sites for hydroxylation is 1. The minimum Gasteiger partial charge on any atom is -0.462 e. The Labute approximate surface area is 264 Å². The molecular formula is C31H46N10O4. The Morgan fingerprint density at radius 2 is 1.69 bits per heavy atom. The van der Waals surface area contributed by atoms with E-state index in [0.717, 1.165) is 48.6 Å². The van der Waals surface area contributed by atoms with Gasteiger partial charge in [-0.1, -0.05) is 19.4 Å². The second kappa shape index (κ2) is 13.8. The minimum atomic E-state index is -0.516. The maximum absolute atomic E-state index is 13.1. The van der Waals surface area contributed by atoms with Crippen molar-refractivity contribution in [2.75, 3.05) is 76.1 Å². The summed E-state index contributed by atoms with van der Waals surface area (Å²) in [5.41, 5.74) is 9.08. The number of imidazole rings is 1. The number of unbranched alkanes of at least 4 members (excludes halogenated alkanes) is 1. The van der Waals surface area contributed by atoms with Crippen LogP contribution in [0.2, 0.25) is 0 Å². The molecule has 2 saturated heterocycles. The van der Waals surface area contributed by atoms with E-state index in [1.165, 1.54) is 0 Å². The number of nitrogens with zero attached hydrogens (tertiary/aromatic N) is 9. The van der Waals surface area contributed by atoms with E-state index < -0.39 is 5.60 Å². The van der Waals surface area contributed by atoms with Crippen molar-refractivity contribution in [2.45, 2.75) is 59.5 Å². The molecular weight excluding hydrogens is 576 g/mol. The number of carbonyl (C=O) groups is 2. The first-order valence-corrected chi connectivity index (χ1v) is 15.8. The number of aromatic nitrogens is 5. The lowest BCUT2D eigenvalue weighted by molar-refractivity contribution is -0.133. The van der Waals surface area contributed by atoms with Gasteiger partial charge < -0.3 is 29.9 Å². The summed E-state index contributed by atoms with van der Waals surface area (Å²) >= 11 is 0. The highest BCUT2D eigenvalue weighted by Gasteiger charge is 2.29. The maximum atomic E-state index is 13.1. The molecule has 2 aliphatic rings. The quantitative estimate of drug-likeness (QED) is 0.351. The number of hydrogen-bond donors (Lipinski definition) is 1. The van der Waals surface area contributed by atoms with Gasteiger partial charge in [-0.25, -0.2) is 19.3 Å². The van der Waals surface area contributed by atoms with Crippen LogP contribution in [0, 0.1) is 6.92 Å². The van der Waals surface area contributed by atoms with Crippen LogP contribution in [-0.4, -0.2) is 122 Å². The molecule has 45 heavy (non-hydrogen) atoms. The Morgan fingerprint density at radius 1 is 0.978 bits per heavy atom. The summed E-state index contributed by atoms with van der Waals surface area (Å²) in [6, 6.07) is 2.38. The SMILES string of the molecule is CCCCOc1nc(N)c2ncc(Cc3cnc(N4CCN(C(=O)CN5CCN(C(=O)OC(C)(C)C)CC5)CC4)c(C)c3)n2n1. The van der Waals surface area contributed by atoms with Gasteiger partial charge in [-0.2, -0.15) is 4.98 Å². The van der Waals surface area contributed by atoms with Gasteiger partial charge in [0, 0.05) is 65.0 Å². The minimum absolute atomic E-state index is 0.122. The number of nitrogen functional groups attached to an aromatic ring is 1. The van der Waals surface area contributed by atoms with E-state index in [4.69, 9.17) is 20.2 Å². The van der Waals surface area contributed by atoms with E-state index in [1.54, 1.807) is 15.6 Å². The molecule has 2 amide bonds. The summed E-state index contributed by atoms with van der Waals surface area (Å²) in [5.74, 6) is 1.34. The molecule has 0 atom stereocenters. The number of rotatable bonds is 9. The zero-order valence-electron chi connectivity index (χ0n) is 27.2. The smallest absolute Gasteiger partial charge is 0.410 e. The molecule has 0 saturated carbocycles. The molecule has 2 aliphatic heterocycles. The second-order valence-electron chi connectivity index (χ2n) is 12.7. The van der Waals surface area contributed by atoms with Crippen molar-refractivity contribution in [3.63, 3.8) is 0 Å². The van der Waals surface area contributed by atoms with Crippen LogP contribution in [0.5, 0.6) is 6.01 Å². The van der Waals surface area contributed by atoms with E-state index in [0.29, 0.717) is 64.5 Å². The molecule has 3 aromatic rings. The second-order valence-corrected chi connectivity index (χ2v) is 12.7. The Kier molecular flexibility index (Phi) is 9.90. The summed E-state index contributed by atoms with van der Waals surface area (Å²) in [7, 11) is 0. The Bertz CT molecular complexity index is 1490. The van der Waals surface area contributed by atoms with Gasteiger partial charge in [0.05, 0.1) is 25.0 Å². The van der Waals surface area contributed by atoms with Crippen LogP contribution in [0.1, 0.15) is 57.4 Å². The molecule has 0 bridgehead atoms. The lowest BCUT2D eigenvalue weighted by atomic mass is 10.1. The van der Waals surface area contributed by atoms with Crippen molar-refractivity contribution in [3.05, 3.63) is 35.3 Å². The van der Waals surface area contributed by atoms with Gasteiger partial charge in [0.15, 0.2) is 11.5 Å². The topological polar surface area (TPSA) is 148 Å². The number of ether oxygens (including phenoxy) is 2. The standard InChI is InChI=1S/C31H46N10O4/c1-6-7-16-44-29-35-26(32)28-34-20-24(41(28)36-29)18-23-17-22(2)27(33-19-23)39-14-12-38(13-15-39)25(42)21-37-8-10-40(11-9-37)30(43)45-31(3,4)5/h17,19-20H,6-16,18,21H2,1-5H3,(H2,32,35,36). The summed E-state index contributed by atoms with van der Waals surface area (Å²) in [6.45, 7) is 15.8. The third kappa shape index (κ3) is 8.10. The van der Waals surface area contributed by atoms with Crippen molar-refractivity contribution in [1.29, 1.82) is 0 Å². The van der Waals surface area contributed by atoms with Crippen LogP contribution in [0.4, 0.5) is 16.4 Å². The number of nitrogens with two attached hydrogens (primary N) is 1. The summed E-state index contributed by atoms with van der Waals surface area (Å²) < 4.78 is 12.9. The molecule has 2 N–H and O–H groups in total. The van der Waals surface area contributed by atoms with Gasteiger partial charge in [-0.05, 0) is 45.2 Å². The fraction of sp³-hybridized carbons (Fsp3) is 0.613. The lowest BCUT2D eigenvalue weighted by Crippen LogP contribution is -2.55. The van der Waals surface area contributed by atoms with E-state index >= 15 is 0 Å². The predicted molar refractivity (Wildman–Crippen MR) is 170 cm³/mol. The van der Waals surface area contributed by atoms with Crippen molar-refractivity contribution < 1.29 is 19.1 Å². The van der Waals surface area contributed by atoms with Crippen molar-refractivity contribution in [1.82, 2.24) is 39.3 Å². The first-order chi connectivity index (χ1) is 21.5. The summed E-state index contributed by atoms with van der Waals surface area (Å²) in [6.07, 6.45) is 5.86. The number of anilines is 2. The number of carbonyl (C=O) groups excluding carboxylic acids is 2. The van der Waals surface area contributed by atoms with Crippen LogP contribution in [0.25, 0.3) is 5.65 Å². The first-order valence-electron chi connectivity index (χ1n) is 15.8.